The first-order valence-electron chi connectivity index (χ1n) is 9.41. The molecule has 2 aromatic carbocycles. The second-order valence-corrected chi connectivity index (χ2v) is 6.84. The highest BCUT2D eigenvalue weighted by Gasteiger charge is 2.17. The van der Waals surface area contributed by atoms with Gasteiger partial charge in [0.2, 0.25) is 11.7 Å². The molecular weight excluding hydrogens is 366 g/mol. The maximum Gasteiger partial charge on any atom is 0.243 e. The van der Waals surface area contributed by atoms with Crippen molar-refractivity contribution >= 4 is 11.0 Å². The fourth-order valence-corrected chi connectivity index (χ4v) is 3.23. The van der Waals surface area contributed by atoms with Crippen LogP contribution < -0.4 is 5.32 Å². The summed E-state index contributed by atoms with van der Waals surface area (Å²) in [5.41, 5.74) is 3.63. The number of rotatable bonds is 6. The summed E-state index contributed by atoms with van der Waals surface area (Å²) in [5.74, 6) is 1.88. The van der Waals surface area contributed by atoms with Gasteiger partial charge in [-0.2, -0.15) is 10.1 Å². The summed E-state index contributed by atoms with van der Waals surface area (Å²) >= 11 is 0. The molecule has 0 aliphatic carbocycles. The second kappa shape index (κ2) is 7.37. The summed E-state index contributed by atoms with van der Waals surface area (Å²) in [6.45, 7) is 2.57. The van der Waals surface area contributed by atoms with Crippen molar-refractivity contribution in [1.29, 1.82) is 0 Å². The molecule has 3 heterocycles. The topological polar surface area (TPSA) is 92.8 Å². The molecule has 0 radical (unpaired) electrons. The van der Waals surface area contributed by atoms with E-state index in [0.29, 0.717) is 18.3 Å². The van der Waals surface area contributed by atoms with E-state index in [4.69, 9.17) is 8.94 Å². The predicted molar refractivity (Wildman–Crippen MR) is 109 cm³/mol. The van der Waals surface area contributed by atoms with E-state index in [1.165, 1.54) is 0 Å². The highest BCUT2D eigenvalue weighted by Crippen LogP contribution is 2.28. The molecule has 0 unspecified atom stereocenters. The summed E-state index contributed by atoms with van der Waals surface area (Å²) in [5, 5.41) is 15.8. The van der Waals surface area contributed by atoms with Gasteiger partial charge in [0.05, 0.1) is 12.2 Å². The molecule has 2 N–H and O–H groups in total. The van der Waals surface area contributed by atoms with Crippen LogP contribution in [-0.4, -0.2) is 20.3 Å². The minimum atomic E-state index is -0.113. The van der Waals surface area contributed by atoms with Gasteiger partial charge in [-0.25, -0.2) is 0 Å². The third kappa shape index (κ3) is 3.43. The molecule has 0 fully saturated rings. The maximum atomic E-state index is 5.96. The van der Waals surface area contributed by atoms with Crippen molar-refractivity contribution in [2.75, 3.05) is 0 Å². The Morgan fingerprint density at radius 3 is 2.76 bits per heavy atom. The first kappa shape index (κ1) is 17.4. The lowest BCUT2D eigenvalue weighted by atomic mass is 10.2. The number of H-pyrrole nitrogens is 1. The van der Waals surface area contributed by atoms with Gasteiger partial charge >= 0.3 is 0 Å². The molecule has 0 aliphatic heterocycles. The Hall–Kier alpha value is -3.71. The zero-order chi connectivity index (χ0) is 19.6. The van der Waals surface area contributed by atoms with Crippen LogP contribution >= 0.6 is 0 Å². The van der Waals surface area contributed by atoms with Gasteiger partial charge in [-0.3, -0.25) is 5.10 Å². The van der Waals surface area contributed by atoms with Crippen LogP contribution in [-0.2, 0) is 6.54 Å². The van der Waals surface area contributed by atoms with Crippen molar-refractivity contribution in [3.63, 3.8) is 0 Å². The summed E-state index contributed by atoms with van der Waals surface area (Å²) in [7, 11) is 0. The van der Waals surface area contributed by atoms with Gasteiger partial charge in [0.15, 0.2) is 5.76 Å². The minimum absolute atomic E-state index is 0.113. The number of furan rings is 1. The van der Waals surface area contributed by atoms with Crippen LogP contribution in [0.5, 0.6) is 0 Å². The van der Waals surface area contributed by atoms with Crippen LogP contribution in [0.15, 0.2) is 75.8 Å². The van der Waals surface area contributed by atoms with Crippen LogP contribution in [0.1, 0.15) is 24.4 Å². The fraction of sp³-hybridized carbons (Fsp3) is 0.136. The van der Waals surface area contributed by atoms with Crippen molar-refractivity contribution in [2.24, 2.45) is 0 Å². The van der Waals surface area contributed by atoms with Crippen molar-refractivity contribution in [3.8, 4) is 22.8 Å². The van der Waals surface area contributed by atoms with Crippen molar-refractivity contribution in [2.45, 2.75) is 19.5 Å². The number of hydrogen-bond donors (Lipinski definition) is 2. The molecule has 1 atom stereocenters. The molecule has 5 aromatic rings. The summed E-state index contributed by atoms with van der Waals surface area (Å²) < 4.78 is 11.4. The Bertz CT molecular complexity index is 1210. The molecule has 0 saturated carbocycles. The van der Waals surface area contributed by atoms with Gasteiger partial charge in [-0.15, -0.1) is 0 Å². The molecule has 0 amide bonds. The van der Waals surface area contributed by atoms with E-state index in [1.54, 1.807) is 6.20 Å². The van der Waals surface area contributed by atoms with E-state index >= 15 is 0 Å². The normalized spacial score (nSPS) is 12.4. The summed E-state index contributed by atoms with van der Waals surface area (Å²) in [6, 6.07) is 19.6. The van der Waals surface area contributed by atoms with Crippen LogP contribution in [0.2, 0.25) is 0 Å². The zero-order valence-electron chi connectivity index (χ0n) is 15.8. The van der Waals surface area contributed by atoms with Crippen molar-refractivity contribution < 1.29 is 8.94 Å². The van der Waals surface area contributed by atoms with Gasteiger partial charge in [0.25, 0.3) is 0 Å². The van der Waals surface area contributed by atoms with Crippen LogP contribution in [0.4, 0.5) is 0 Å². The van der Waals surface area contributed by atoms with Crippen molar-refractivity contribution in [1.82, 2.24) is 25.7 Å². The Labute approximate surface area is 166 Å². The molecule has 0 spiro atoms. The third-order valence-corrected chi connectivity index (χ3v) is 4.83. The Balaban J connectivity index is 1.31. The van der Waals surface area contributed by atoms with E-state index in [9.17, 15) is 0 Å². The van der Waals surface area contributed by atoms with E-state index < -0.39 is 0 Å². The number of aromatic amines is 1. The van der Waals surface area contributed by atoms with E-state index in [1.807, 2.05) is 67.6 Å². The predicted octanol–water partition coefficient (Wildman–Crippen LogP) is 4.72. The van der Waals surface area contributed by atoms with Gasteiger partial charge < -0.3 is 14.3 Å². The molecule has 144 valence electrons. The lowest BCUT2D eigenvalue weighted by Gasteiger charge is -2.09. The lowest BCUT2D eigenvalue weighted by Crippen LogP contribution is -2.18. The maximum absolute atomic E-state index is 5.96. The van der Waals surface area contributed by atoms with Gasteiger partial charge in [0.1, 0.15) is 11.3 Å². The zero-order valence-corrected chi connectivity index (χ0v) is 15.8. The van der Waals surface area contributed by atoms with Crippen LogP contribution in [0.25, 0.3) is 33.8 Å². The molecule has 5 rings (SSSR count). The van der Waals surface area contributed by atoms with E-state index in [0.717, 1.165) is 33.6 Å². The quantitative estimate of drug-likeness (QED) is 0.439. The third-order valence-electron chi connectivity index (χ3n) is 4.83. The van der Waals surface area contributed by atoms with Crippen molar-refractivity contribution in [3.05, 3.63) is 78.3 Å². The summed E-state index contributed by atoms with van der Waals surface area (Å²) in [6.07, 6.45) is 1.80. The molecule has 0 saturated heterocycles. The highest BCUT2D eigenvalue weighted by molar-refractivity contribution is 5.82. The Morgan fingerprint density at radius 2 is 1.90 bits per heavy atom. The number of aromatic nitrogens is 4. The van der Waals surface area contributed by atoms with Crippen LogP contribution in [0, 0.1) is 0 Å². The molecule has 0 aliphatic rings. The Kier molecular flexibility index (Phi) is 4.42. The highest BCUT2D eigenvalue weighted by atomic mass is 16.5. The molecule has 0 bridgehead atoms. The largest absolute Gasteiger partial charge is 0.454 e. The first-order chi connectivity index (χ1) is 14.3. The monoisotopic (exact) mass is 385 g/mol. The van der Waals surface area contributed by atoms with Gasteiger partial charge in [-0.1, -0.05) is 53.7 Å². The number of fused-ring (bicyclic) bond motifs is 1. The number of hydrogen-bond acceptors (Lipinski definition) is 6. The molecular formula is C22H19N5O2. The summed E-state index contributed by atoms with van der Waals surface area (Å²) in [4.78, 5) is 4.51. The number of para-hydroxylation sites is 1. The second-order valence-electron chi connectivity index (χ2n) is 6.84. The van der Waals surface area contributed by atoms with E-state index in [-0.39, 0.29) is 6.04 Å². The first-order valence-corrected chi connectivity index (χ1v) is 9.41. The number of benzene rings is 2. The van der Waals surface area contributed by atoms with Gasteiger partial charge in [0, 0.05) is 23.1 Å². The molecule has 29 heavy (non-hydrogen) atoms. The SMILES string of the molecule is C[C@H](NCc1cn[nH]c1-c1cc2ccccc2o1)c1nc(-c2ccccc2)no1. The number of nitrogens with zero attached hydrogens (tertiary/aromatic N) is 3. The average Bonchev–Trinajstić information content (AvgIpc) is 3.51. The minimum Gasteiger partial charge on any atom is -0.454 e. The standard InChI is InChI=1S/C22H19N5O2/c1-14(22-25-21(27-29-22)15-7-3-2-4-8-15)23-12-17-13-24-26-20(17)19-11-16-9-5-6-10-18(16)28-19/h2-11,13-14,23H,12H2,1H3,(H,24,26)/t14-/m0/s1. The van der Waals surface area contributed by atoms with Crippen LogP contribution in [0.3, 0.4) is 0 Å². The smallest absolute Gasteiger partial charge is 0.243 e. The van der Waals surface area contributed by atoms with Gasteiger partial charge in [-0.05, 0) is 19.1 Å². The number of nitrogens with one attached hydrogen (secondary N) is 2. The lowest BCUT2D eigenvalue weighted by molar-refractivity contribution is 0.339. The Morgan fingerprint density at radius 1 is 1.07 bits per heavy atom. The average molecular weight is 385 g/mol. The fourth-order valence-electron chi connectivity index (χ4n) is 3.23. The molecule has 7 heteroatoms. The molecule has 3 aromatic heterocycles. The molecule has 7 nitrogen and oxygen atoms in total. The van der Waals surface area contributed by atoms with E-state index in [2.05, 4.69) is 25.7 Å².